The fourth-order valence-corrected chi connectivity index (χ4v) is 1.81. The van der Waals surface area contributed by atoms with Crippen LogP contribution in [0.25, 0.3) is 0 Å². The van der Waals surface area contributed by atoms with Crippen molar-refractivity contribution in [3.63, 3.8) is 0 Å². The molecule has 0 unspecified atom stereocenters. The zero-order valence-corrected chi connectivity index (χ0v) is 16.3. The molecule has 0 fully saturated rings. The first-order valence-corrected chi connectivity index (χ1v) is 7.49. The summed E-state index contributed by atoms with van der Waals surface area (Å²) in [5.41, 5.74) is 1.06. The Balaban J connectivity index is 0.00000484. The molecule has 7 heteroatoms. The van der Waals surface area contributed by atoms with Crippen molar-refractivity contribution in [3.8, 4) is 0 Å². The Morgan fingerprint density at radius 3 is 2.43 bits per heavy atom. The minimum atomic E-state index is -0.225. The van der Waals surface area contributed by atoms with E-state index in [2.05, 4.69) is 15.6 Å². The van der Waals surface area contributed by atoms with E-state index in [9.17, 15) is 9.18 Å². The second-order valence-electron chi connectivity index (χ2n) is 5.10. The van der Waals surface area contributed by atoms with E-state index in [0.29, 0.717) is 25.5 Å². The first-order chi connectivity index (χ1) is 10.5. The maximum absolute atomic E-state index is 12.8. The molecule has 1 rings (SSSR count). The molecule has 1 amide bonds. The summed E-state index contributed by atoms with van der Waals surface area (Å²) in [6.07, 6.45) is 1.17. The van der Waals surface area contributed by atoms with E-state index in [0.717, 1.165) is 18.5 Å². The van der Waals surface area contributed by atoms with E-state index in [1.54, 1.807) is 31.1 Å². The number of aliphatic imine (C=N–C) groups is 1. The van der Waals surface area contributed by atoms with Crippen LogP contribution in [0, 0.1) is 5.82 Å². The van der Waals surface area contributed by atoms with Crippen molar-refractivity contribution in [1.82, 2.24) is 15.5 Å². The normalized spacial score (nSPS) is 10.7. The molecular weight excluding hydrogens is 410 g/mol. The van der Waals surface area contributed by atoms with Gasteiger partial charge in [0.2, 0.25) is 5.91 Å². The molecule has 0 atom stereocenters. The number of nitrogens with zero attached hydrogens (tertiary/aromatic N) is 2. The minimum Gasteiger partial charge on any atom is -0.357 e. The van der Waals surface area contributed by atoms with Crippen LogP contribution >= 0.6 is 24.0 Å². The third-order valence-corrected chi connectivity index (χ3v) is 3.06. The van der Waals surface area contributed by atoms with Gasteiger partial charge >= 0.3 is 0 Å². The van der Waals surface area contributed by atoms with Crippen molar-refractivity contribution >= 4 is 35.8 Å². The van der Waals surface area contributed by atoms with Crippen molar-refractivity contribution in [3.05, 3.63) is 35.6 Å². The lowest BCUT2D eigenvalue weighted by Gasteiger charge is -2.12. The van der Waals surface area contributed by atoms with E-state index < -0.39 is 0 Å². The summed E-state index contributed by atoms with van der Waals surface area (Å²) in [6, 6.07) is 6.47. The lowest BCUT2D eigenvalue weighted by atomic mass is 10.1. The molecule has 130 valence electrons. The highest BCUT2D eigenvalue weighted by molar-refractivity contribution is 14.0. The van der Waals surface area contributed by atoms with Crippen LogP contribution in [-0.4, -0.2) is 50.5 Å². The quantitative estimate of drug-likeness (QED) is 0.391. The molecule has 0 spiro atoms. The smallest absolute Gasteiger partial charge is 0.223 e. The highest BCUT2D eigenvalue weighted by Crippen LogP contribution is 2.02. The average molecular weight is 436 g/mol. The number of nitrogens with one attached hydrogen (secondary N) is 2. The zero-order chi connectivity index (χ0) is 16.4. The Morgan fingerprint density at radius 1 is 1.22 bits per heavy atom. The molecule has 0 aliphatic carbocycles. The standard InChI is InChI=1S/C16H25FN4O.HI/c1-4-18-16(20-12-10-15(22)21(2)3)19-11-9-13-5-7-14(17)8-6-13;/h5-8H,4,9-12H2,1-3H3,(H2,18,19,20);1H. The molecule has 2 N–H and O–H groups in total. The maximum Gasteiger partial charge on any atom is 0.223 e. The SMILES string of the molecule is CCNC(=NCCC(=O)N(C)C)NCCc1ccc(F)cc1.I. The number of hydrogen-bond donors (Lipinski definition) is 2. The van der Waals surface area contributed by atoms with Gasteiger partial charge in [-0.05, 0) is 31.0 Å². The third-order valence-electron chi connectivity index (χ3n) is 3.06. The van der Waals surface area contributed by atoms with Crippen molar-refractivity contribution in [2.24, 2.45) is 4.99 Å². The summed E-state index contributed by atoms with van der Waals surface area (Å²) in [7, 11) is 3.47. The number of carbonyl (C=O) groups excluding carboxylic acids is 1. The number of rotatable bonds is 7. The Hall–Kier alpha value is -1.38. The zero-order valence-electron chi connectivity index (χ0n) is 13.9. The summed E-state index contributed by atoms with van der Waals surface area (Å²) in [5, 5.41) is 6.34. The Bertz CT molecular complexity index is 491. The summed E-state index contributed by atoms with van der Waals surface area (Å²) in [6.45, 7) is 3.88. The molecule has 1 aromatic carbocycles. The first-order valence-electron chi connectivity index (χ1n) is 7.49. The summed E-state index contributed by atoms with van der Waals surface area (Å²) < 4.78 is 12.8. The number of hydrogen-bond acceptors (Lipinski definition) is 2. The van der Waals surface area contributed by atoms with Crippen molar-refractivity contribution < 1.29 is 9.18 Å². The number of guanidine groups is 1. The second kappa shape index (κ2) is 12.1. The van der Waals surface area contributed by atoms with Gasteiger partial charge in [-0.15, -0.1) is 24.0 Å². The Morgan fingerprint density at radius 2 is 1.87 bits per heavy atom. The van der Waals surface area contributed by atoms with E-state index in [4.69, 9.17) is 0 Å². The van der Waals surface area contributed by atoms with Crippen LogP contribution in [-0.2, 0) is 11.2 Å². The van der Waals surface area contributed by atoms with E-state index in [1.807, 2.05) is 6.92 Å². The van der Waals surface area contributed by atoms with Crippen LogP contribution in [0.4, 0.5) is 4.39 Å². The van der Waals surface area contributed by atoms with Crippen LogP contribution in [0.15, 0.2) is 29.3 Å². The van der Waals surface area contributed by atoms with Gasteiger partial charge in [-0.2, -0.15) is 0 Å². The van der Waals surface area contributed by atoms with Crippen LogP contribution < -0.4 is 10.6 Å². The molecule has 0 aliphatic heterocycles. The molecule has 0 aliphatic rings. The largest absolute Gasteiger partial charge is 0.357 e. The molecule has 5 nitrogen and oxygen atoms in total. The van der Waals surface area contributed by atoms with E-state index in [1.165, 1.54) is 12.1 Å². The molecule has 0 saturated heterocycles. The number of carbonyl (C=O) groups is 1. The number of halogens is 2. The van der Waals surface area contributed by atoms with Gasteiger partial charge in [0.1, 0.15) is 5.82 Å². The number of benzene rings is 1. The van der Waals surface area contributed by atoms with Crippen LogP contribution in [0.2, 0.25) is 0 Å². The first kappa shape index (κ1) is 21.6. The number of amides is 1. The maximum atomic E-state index is 12.8. The molecule has 0 heterocycles. The Kier molecular flexibility index (Phi) is 11.4. The van der Waals surface area contributed by atoms with Gasteiger partial charge in [-0.1, -0.05) is 12.1 Å². The van der Waals surface area contributed by atoms with E-state index >= 15 is 0 Å². The molecule has 0 saturated carbocycles. The second-order valence-corrected chi connectivity index (χ2v) is 5.10. The summed E-state index contributed by atoms with van der Waals surface area (Å²) >= 11 is 0. The van der Waals surface area contributed by atoms with Crippen LogP contribution in [0.1, 0.15) is 18.9 Å². The molecular formula is C16H26FIN4O. The monoisotopic (exact) mass is 436 g/mol. The van der Waals surface area contributed by atoms with Gasteiger partial charge in [-0.25, -0.2) is 4.39 Å². The fraction of sp³-hybridized carbons (Fsp3) is 0.500. The van der Waals surface area contributed by atoms with Crippen LogP contribution in [0.3, 0.4) is 0 Å². The van der Waals surface area contributed by atoms with E-state index in [-0.39, 0.29) is 35.7 Å². The lowest BCUT2D eigenvalue weighted by molar-refractivity contribution is -0.128. The van der Waals surface area contributed by atoms with Gasteiger partial charge in [0.05, 0.1) is 6.54 Å². The van der Waals surface area contributed by atoms with Crippen molar-refractivity contribution in [1.29, 1.82) is 0 Å². The predicted octanol–water partition coefficient (Wildman–Crippen LogP) is 2.02. The lowest BCUT2D eigenvalue weighted by Crippen LogP contribution is -2.38. The predicted molar refractivity (Wildman–Crippen MR) is 103 cm³/mol. The van der Waals surface area contributed by atoms with Gasteiger partial charge in [0, 0.05) is 33.6 Å². The molecule has 0 radical (unpaired) electrons. The highest BCUT2D eigenvalue weighted by atomic mass is 127. The van der Waals surface area contributed by atoms with Gasteiger partial charge in [-0.3, -0.25) is 9.79 Å². The molecule has 23 heavy (non-hydrogen) atoms. The molecule has 0 aromatic heterocycles. The summed E-state index contributed by atoms with van der Waals surface area (Å²) in [4.78, 5) is 17.4. The summed E-state index contributed by atoms with van der Waals surface area (Å²) in [5.74, 6) is 0.527. The topological polar surface area (TPSA) is 56.7 Å². The van der Waals surface area contributed by atoms with Crippen molar-refractivity contribution in [2.45, 2.75) is 19.8 Å². The Labute approximate surface area is 154 Å². The van der Waals surface area contributed by atoms with Crippen molar-refractivity contribution in [2.75, 3.05) is 33.7 Å². The minimum absolute atomic E-state index is 0. The van der Waals surface area contributed by atoms with Gasteiger partial charge in [0.25, 0.3) is 0 Å². The fourth-order valence-electron chi connectivity index (χ4n) is 1.81. The van der Waals surface area contributed by atoms with Gasteiger partial charge < -0.3 is 15.5 Å². The molecule has 1 aromatic rings. The highest BCUT2D eigenvalue weighted by Gasteiger charge is 2.03. The van der Waals surface area contributed by atoms with Crippen LogP contribution in [0.5, 0.6) is 0 Å². The average Bonchev–Trinajstić information content (AvgIpc) is 2.49. The third kappa shape index (κ3) is 9.37. The molecule has 0 bridgehead atoms. The van der Waals surface area contributed by atoms with Gasteiger partial charge in [0.15, 0.2) is 5.96 Å².